The van der Waals surface area contributed by atoms with Crippen LogP contribution < -0.4 is 10.2 Å². The third kappa shape index (κ3) is 3.92. The molecule has 2 heterocycles. The lowest BCUT2D eigenvalue weighted by Crippen LogP contribution is -2.23. The normalized spacial score (nSPS) is 18.8. The zero-order valence-electron chi connectivity index (χ0n) is 13.2. The van der Waals surface area contributed by atoms with E-state index in [0.717, 1.165) is 50.2 Å². The van der Waals surface area contributed by atoms with Crippen molar-refractivity contribution >= 4 is 5.95 Å². The first kappa shape index (κ1) is 15.2. The van der Waals surface area contributed by atoms with Crippen molar-refractivity contribution in [2.45, 2.75) is 53.0 Å². The Balaban J connectivity index is 1.95. The fourth-order valence-corrected chi connectivity index (χ4v) is 2.86. The fraction of sp³-hybridized carbons (Fsp3) is 0.750. The molecule has 2 rings (SSSR count). The van der Waals surface area contributed by atoms with Gasteiger partial charge in [-0.15, -0.1) is 0 Å². The second-order valence-corrected chi connectivity index (χ2v) is 5.85. The minimum atomic E-state index is 0.829. The van der Waals surface area contributed by atoms with Crippen LogP contribution in [0.5, 0.6) is 0 Å². The molecule has 1 aliphatic heterocycles. The molecule has 1 aliphatic rings. The number of rotatable bonds is 7. The molecule has 0 radical (unpaired) electrons. The van der Waals surface area contributed by atoms with Gasteiger partial charge in [0.05, 0.1) is 0 Å². The summed E-state index contributed by atoms with van der Waals surface area (Å²) in [6.07, 6.45) is 7.04. The predicted octanol–water partition coefficient (Wildman–Crippen LogP) is 2.91. The van der Waals surface area contributed by atoms with Crippen molar-refractivity contribution in [1.82, 2.24) is 15.3 Å². The van der Waals surface area contributed by atoms with Gasteiger partial charge in [-0.2, -0.15) is 0 Å². The van der Waals surface area contributed by atoms with Gasteiger partial charge in [0.1, 0.15) is 0 Å². The van der Waals surface area contributed by atoms with Crippen molar-refractivity contribution in [3.63, 3.8) is 0 Å². The first-order chi connectivity index (χ1) is 9.74. The number of hydrogen-bond donors (Lipinski definition) is 1. The van der Waals surface area contributed by atoms with E-state index < -0.39 is 0 Å². The predicted molar refractivity (Wildman–Crippen MR) is 84.0 cm³/mol. The van der Waals surface area contributed by atoms with Crippen LogP contribution in [0, 0.1) is 12.8 Å². The number of aromatic nitrogens is 2. The topological polar surface area (TPSA) is 41.1 Å². The molecule has 0 amide bonds. The van der Waals surface area contributed by atoms with Gasteiger partial charge in [-0.1, -0.05) is 20.3 Å². The van der Waals surface area contributed by atoms with E-state index in [-0.39, 0.29) is 0 Å². The Morgan fingerprint density at radius 1 is 1.35 bits per heavy atom. The monoisotopic (exact) mass is 276 g/mol. The second kappa shape index (κ2) is 7.58. The lowest BCUT2D eigenvalue weighted by atomic mass is 10.0. The SMILES string of the molecule is CCCNCc1cnc(N2CCC(CCC)C2)nc1C. The fourth-order valence-electron chi connectivity index (χ4n) is 2.86. The Morgan fingerprint density at radius 2 is 2.20 bits per heavy atom. The van der Waals surface area contributed by atoms with Crippen LogP contribution in [0.2, 0.25) is 0 Å². The van der Waals surface area contributed by atoms with Crippen molar-refractivity contribution in [2.75, 3.05) is 24.5 Å². The minimum absolute atomic E-state index is 0.829. The Kier molecular flexibility index (Phi) is 5.77. The minimum Gasteiger partial charge on any atom is -0.341 e. The van der Waals surface area contributed by atoms with E-state index in [0.29, 0.717) is 0 Å². The zero-order chi connectivity index (χ0) is 14.4. The van der Waals surface area contributed by atoms with Crippen molar-refractivity contribution in [2.24, 2.45) is 5.92 Å². The molecule has 112 valence electrons. The highest BCUT2D eigenvalue weighted by molar-refractivity contribution is 5.34. The Bertz CT molecular complexity index is 419. The molecule has 1 fully saturated rings. The molecule has 0 aliphatic carbocycles. The standard InChI is InChI=1S/C16H28N4/c1-4-6-14-7-9-20(12-14)16-18-11-15(13(3)19-16)10-17-8-5-2/h11,14,17H,4-10,12H2,1-3H3. The first-order valence-corrected chi connectivity index (χ1v) is 8.02. The number of aryl methyl sites for hydroxylation is 1. The van der Waals surface area contributed by atoms with E-state index in [9.17, 15) is 0 Å². The molecule has 1 unspecified atom stereocenters. The van der Waals surface area contributed by atoms with Gasteiger partial charge < -0.3 is 10.2 Å². The summed E-state index contributed by atoms with van der Waals surface area (Å²) in [6.45, 7) is 10.7. The van der Waals surface area contributed by atoms with Crippen LogP contribution in [0.3, 0.4) is 0 Å². The molecule has 0 aromatic carbocycles. The van der Waals surface area contributed by atoms with Crippen LogP contribution >= 0.6 is 0 Å². The van der Waals surface area contributed by atoms with Crippen LogP contribution in [-0.4, -0.2) is 29.6 Å². The average Bonchev–Trinajstić information content (AvgIpc) is 2.90. The van der Waals surface area contributed by atoms with E-state index in [1.807, 2.05) is 6.20 Å². The van der Waals surface area contributed by atoms with Crippen LogP contribution in [0.4, 0.5) is 5.95 Å². The third-order valence-corrected chi connectivity index (χ3v) is 4.08. The van der Waals surface area contributed by atoms with Crippen LogP contribution in [0.1, 0.15) is 50.8 Å². The van der Waals surface area contributed by atoms with Gasteiger partial charge >= 0.3 is 0 Å². The molecule has 0 bridgehead atoms. The van der Waals surface area contributed by atoms with Crippen molar-refractivity contribution < 1.29 is 0 Å². The third-order valence-electron chi connectivity index (χ3n) is 4.08. The van der Waals surface area contributed by atoms with Gasteiger partial charge in [-0.25, -0.2) is 9.97 Å². The van der Waals surface area contributed by atoms with E-state index in [1.54, 1.807) is 0 Å². The molecule has 1 aromatic heterocycles. The van der Waals surface area contributed by atoms with E-state index in [4.69, 9.17) is 4.98 Å². The molecular weight excluding hydrogens is 248 g/mol. The van der Waals surface area contributed by atoms with Crippen LogP contribution in [0.15, 0.2) is 6.20 Å². The molecular formula is C16H28N4. The van der Waals surface area contributed by atoms with Gasteiger partial charge in [-0.3, -0.25) is 0 Å². The van der Waals surface area contributed by atoms with Gasteiger partial charge in [-0.05, 0) is 38.6 Å². The highest BCUT2D eigenvalue weighted by atomic mass is 15.3. The van der Waals surface area contributed by atoms with Crippen LogP contribution in [-0.2, 0) is 6.54 Å². The maximum Gasteiger partial charge on any atom is 0.225 e. The van der Waals surface area contributed by atoms with Crippen LogP contribution in [0.25, 0.3) is 0 Å². The highest BCUT2D eigenvalue weighted by Gasteiger charge is 2.23. The van der Waals surface area contributed by atoms with E-state index >= 15 is 0 Å². The molecule has 1 saturated heterocycles. The first-order valence-electron chi connectivity index (χ1n) is 8.02. The lowest BCUT2D eigenvalue weighted by molar-refractivity contribution is 0.529. The number of anilines is 1. The molecule has 0 saturated carbocycles. The molecule has 4 heteroatoms. The summed E-state index contributed by atoms with van der Waals surface area (Å²) in [5, 5.41) is 3.41. The van der Waals surface area contributed by atoms with Crippen molar-refractivity contribution in [3.05, 3.63) is 17.5 Å². The van der Waals surface area contributed by atoms with Crippen molar-refractivity contribution in [3.8, 4) is 0 Å². The van der Waals surface area contributed by atoms with Gasteiger partial charge in [0.2, 0.25) is 5.95 Å². The van der Waals surface area contributed by atoms with E-state index in [1.165, 1.54) is 24.8 Å². The summed E-state index contributed by atoms with van der Waals surface area (Å²) in [7, 11) is 0. The summed E-state index contributed by atoms with van der Waals surface area (Å²) in [4.78, 5) is 11.6. The Morgan fingerprint density at radius 3 is 2.90 bits per heavy atom. The molecule has 4 nitrogen and oxygen atoms in total. The summed E-state index contributed by atoms with van der Waals surface area (Å²) < 4.78 is 0. The van der Waals surface area contributed by atoms with Gasteiger partial charge in [0, 0.05) is 37.1 Å². The highest BCUT2D eigenvalue weighted by Crippen LogP contribution is 2.24. The lowest BCUT2D eigenvalue weighted by Gasteiger charge is -2.17. The van der Waals surface area contributed by atoms with E-state index in [2.05, 4.69) is 36.0 Å². The van der Waals surface area contributed by atoms with Crippen molar-refractivity contribution in [1.29, 1.82) is 0 Å². The zero-order valence-corrected chi connectivity index (χ0v) is 13.2. The summed E-state index contributed by atoms with van der Waals surface area (Å²) in [5.41, 5.74) is 2.32. The molecule has 1 atom stereocenters. The largest absolute Gasteiger partial charge is 0.341 e. The summed E-state index contributed by atoms with van der Waals surface area (Å²) >= 11 is 0. The Hall–Kier alpha value is -1.16. The summed E-state index contributed by atoms with van der Waals surface area (Å²) in [5.74, 6) is 1.75. The maximum atomic E-state index is 4.70. The number of nitrogens with one attached hydrogen (secondary N) is 1. The molecule has 1 aromatic rings. The molecule has 1 N–H and O–H groups in total. The second-order valence-electron chi connectivity index (χ2n) is 5.85. The molecule has 0 spiro atoms. The summed E-state index contributed by atoms with van der Waals surface area (Å²) in [6, 6.07) is 0. The maximum absolute atomic E-state index is 4.70. The average molecular weight is 276 g/mol. The van der Waals surface area contributed by atoms with Gasteiger partial charge in [0.25, 0.3) is 0 Å². The quantitative estimate of drug-likeness (QED) is 0.778. The van der Waals surface area contributed by atoms with Gasteiger partial charge in [0.15, 0.2) is 0 Å². The number of hydrogen-bond acceptors (Lipinski definition) is 4. The molecule has 20 heavy (non-hydrogen) atoms. The Labute approximate surface area is 123 Å². The number of nitrogens with zero attached hydrogens (tertiary/aromatic N) is 3. The smallest absolute Gasteiger partial charge is 0.225 e.